The minimum Gasteiger partial charge on any atom is -0.393 e. The number of aliphatic hydroxyl groups is 1. The second kappa shape index (κ2) is 5.30. The molecule has 0 spiro atoms. The van der Waals surface area contributed by atoms with Crippen LogP contribution in [-0.4, -0.2) is 22.7 Å². The first kappa shape index (κ1) is 11.4. The minimum atomic E-state index is -0.0912. The molecule has 0 saturated heterocycles. The largest absolute Gasteiger partial charge is 0.393 e. The van der Waals surface area contributed by atoms with Gasteiger partial charge in [-0.2, -0.15) is 0 Å². The van der Waals surface area contributed by atoms with Crippen LogP contribution in [0.2, 0.25) is 0 Å². The molecule has 1 aromatic heterocycles. The first-order valence-electron chi connectivity index (χ1n) is 6.08. The number of rotatable bonds is 3. The Morgan fingerprint density at radius 3 is 3.00 bits per heavy atom. The smallest absolute Gasteiger partial charge is 0.125 e. The van der Waals surface area contributed by atoms with Crippen molar-refractivity contribution >= 4 is 5.82 Å². The molecule has 1 aromatic rings. The number of hydrogen-bond acceptors (Lipinski definition) is 3. The Morgan fingerprint density at radius 2 is 2.31 bits per heavy atom. The van der Waals surface area contributed by atoms with Crippen LogP contribution in [0.5, 0.6) is 0 Å². The zero-order valence-corrected chi connectivity index (χ0v) is 9.82. The third-order valence-electron chi connectivity index (χ3n) is 3.24. The minimum absolute atomic E-state index is 0.0912. The highest BCUT2D eigenvalue weighted by atomic mass is 16.3. The molecule has 0 radical (unpaired) electrons. The molecule has 1 fully saturated rings. The molecule has 16 heavy (non-hydrogen) atoms. The fourth-order valence-electron chi connectivity index (χ4n) is 2.27. The maximum absolute atomic E-state index is 9.57. The number of aryl methyl sites for hydroxylation is 1. The summed E-state index contributed by atoms with van der Waals surface area (Å²) in [7, 11) is 0. The third-order valence-corrected chi connectivity index (χ3v) is 3.24. The van der Waals surface area contributed by atoms with Gasteiger partial charge in [0.2, 0.25) is 0 Å². The van der Waals surface area contributed by atoms with E-state index in [1.54, 1.807) is 0 Å². The summed E-state index contributed by atoms with van der Waals surface area (Å²) < 4.78 is 0. The van der Waals surface area contributed by atoms with Crippen molar-refractivity contribution in [2.45, 2.75) is 38.7 Å². The molecule has 0 amide bonds. The van der Waals surface area contributed by atoms with Crippen LogP contribution < -0.4 is 5.32 Å². The topological polar surface area (TPSA) is 45.1 Å². The second-order valence-electron chi connectivity index (χ2n) is 4.79. The number of nitrogens with one attached hydrogen (secondary N) is 1. The van der Waals surface area contributed by atoms with E-state index < -0.39 is 0 Å². The van der Waals surface area contributed by atoms with Gasteiger partial charge in [0.1, 0.15) is 5.82 Å². The van der Waals surface area contributed by atoms with Gasteiger partial charge in [0.05, 0.1) is 6.10 Å². The summed E-state index contributed by atoms with van der Waals surface area (Å²) in [5.74, 6) is 1.53. The summed E-state index contributed by atoms with van der Waals surface area (Å²) in [6.45, 7) is 2.96. The molecular formula is C13H20N2O. The van der Waals surface area contributed by atoms with Crippen LogP contribution >= 0.6 is 0 Å². The maximum Gasteiger partial charge on any atom is 0.125 e. The molecule has 0 bridgehead atoms. The Bertz CT molecular complexity index is 323. The molecule has 0 aromatic carbocycles. The monoisotopic (exact) mass is 220 g/mol. The molecule has 2 N–H and O–H groups in total. The average molecular weight is 220 g/mol. The molecule has 3 nitrogen and oxygen atoms in total. The molecule has 1 heterocycles. The van der Waals surface area contributed by atoms with Crippen LogP contribution in [0.3, 0.4) is 0 Å². The fraction of sp³-hybridized carbons (Fsp3) is 0.615. The van der Waals surface area contributed by atoms with Crippen LogP contribution in [0, 0.1) is 12.8 Å². The van der Waals surface area contributed by atoms with Crippen LogP contribution in [0.25, 0.3) is 0 Å². The Kier molecular flexibility index (Phi) is 3.78. The molecular weight excluding hydrogens is 200 g/mol. The van der Waals surface area contributed by atoms with Gasteiger partial charge in [0, 0.05) is 12.7 Å². The van der Waals surface area contributed by atoms with Gasteiger partial charge in [-0.3, -0.25) is 0 Å². The van der Waals surface area contributed by atoms with Crippen molar-refractivity contribution in [2.75, 3.05) is 11.9 Å². The van der Waals surface area contributed by atoms with Crippen molar-refractivity contribution < 1.29 is 5.11 Å². The summed E-state index contributed by atoms with van der Waals surface area (Å²) >= 11 is 0. The maximum atomic E-state index is 9.57. The highest BCUT2D eigenvalue weighted by Crippen LogP contribution is 2.24. The molecule has 2 unspecified atom stereocenters. The summed E-state index contributed by atoms with van der Waals surface area (Å²) in [6, 6.07) is 4.07. The normalized spacial score (nSPS) is 25.4. The highest BCUT2D eigenvalue weighted by molar-refractivity contribution is 5.35. The lowest BCUT2D eigenvalue weighted by Crippen LogP contribution is -2.25. The zero-order chi connectivity index (χ0) is 11.4. The number of aromatic nitrogens is 1. The number of anilines is 1. The van der Waals surface area contributed by atoms with E-state index in [2.05, 4.69) is 16.4 Å². The van der Waals surface area contributed by atoms with Gasteiger partial charge in [-0.1, -0.05) is 12.5 Å². The molecule has 1 aliphatic rings. The van der Waals surface area contributed by atoms with Crippen molar-refractivity contribution in [2.24, 2.45) is 5.92 Å². The quantitative estimate of drug-likeness (QED) is 0.822. The molecule has 88 valence electrons. The number of nitrogens with zero attached hydrogens (tertiary/aromatic N) is 1. The van der Waals surface area contributed by atoms with E-state index in [0.29, 0.717) is 5.92 Å². The summed E-state index contributed by atoms with van der Waals surface area (Å²) in [6.07, 6.45) is 6.05. The zero-order valence-electron chi connectivity index (χ0n) is 9.82. The summed E-state index contributed by atoms with van der Waals surface area (Å²) in [5.41, 5.74) is 1.18. The van der Waals surface area contributed by atoms with Crippen molar-refractivity contribution in [1.82, 2.24) is 4.98 Å². The van der Waals surface area contributed by atoms with E-state index in [-0.39, 0.29) is 6.10 Å². The average Bonchev–Trinajstić information content (AvgIpc) is 2.28. The Balaban J connectivity index is 1.80. The van der Waals surface area contributed by atoms with Crippen molar-refractivity contribution in [3.05, 3.63) is 23.9 Å². The van der Waals surface area contributed by atoms with E-state index >= 15 is 0 Å². The summed E-state index contributed by atoms with van der Waals surface area (Å²) in [4.78, 5) is 4.31. The van der Waals surface area contributed by atoms with Crippen molar-refractivity contribution in [3.8, 4) is 0 Å². The first-order chi connectivity index (χ1) is 7.74. The van der Waals surface area contributed by atoms with Gasteiger partial charge in [-0.25, -0.2) is 4.98 Å². The Morgan fingerprint density at radius 1 is 1.44 bits per heavy atom. The van der Waals surface area contributed by atoms with Gasteiger partial charge in [-0.05, 0) is 43.7 Å². The van der Waals surface area contributed by atoms with E-state index in [1.807, 2.05) is 19.2 Å². The summed E-state index contributed by atoms with van der Waals surface area (Å²) in [5, 5.41) is 12.9. The molecule has 1 aliphatic carbocycles. The van der Waals surface area contributed by atoms with E-state index in [4.69, 9.17) is 0 Å². The van der Waals surface area contributed by atoms with Crippen LogP contribution in [0.4, 0.5) is 5.82 Å². The lowest BCUT2D eigenvalue weighted by molar-refractivity contribution is 0.104. The first-order valence-corrected chi connectivity index (χ1v) is 6.08. The lowest BCUT2D eigenvalue weighted by atomic mass is 9.87. The second-order valence-corrected chi connectivity index (χ2v) is 4.79. The van der Waals surface area contributed by atoms with Gasteiger partial charge < -0.3 is 10.4 Å². The molecule has 0 aliphatic heterocycles. The standard InChI is InChI=1S/C13H20N2O/c1-10-5-6-13(14-8-10)15-9-11-3-2-4-12(16)7-11/h5-6,8,11-12,16H,2-4,7,9H2,1H3,(H,14,15). The fourth-order valence-corrected chi connectivity index (χ4v) is 2.27. The SMILES string of the molecule is Cc1ccc(NCC2CCCC(O)C2)nc1. The molecule has 2 rings (SSSR count). The predicted octanol–water partition coefficient (Wildman–Crippen LogP) is 2.35. The highest BCUT2D eigenvalue weighted by Gasteiger charge is 2.19. The van der Waals surface area contributed by atoms with Crippen molar-refractivity contribution in [3.63, 3.8) is 0 Å². The molecule has 2 atom stereocenters. The third kappa shape index (κ3) is 3.20. The number of hydrogen-bond donors (Lipinski definition) is 2. The van der Waals surface area contributed by atoms with Gasteiger partial charge >= 0.3 is 0 Å². The van der Waals surface area contributed by atoms with E-state index in [0.717, 1.165) is 31.6 Å². The molecule has 3 heteroatoms. The lowest BCUT2D eigenvalue weighted by Gasteiger charge is -2.26. The number of pyridine rings is 1. The number of aliphatic hydroxyl groups excluding tert-OH is 1. The van der Waals surface area contributed by atoms with Crippen LogP contribution in [-0.2, 0) is 0 Å². The van der Waals surface area contributed by atoms with Crippen LogP contribution in [0.15, 0.2) is 18.3 Å². The van der Waals surface area contributed by atoms with Gasteiger partial charge in [0.25, 0.3) is 0 Å². The Hall–Kier alpha value is -1.09. The van der Waals surface area contributed by atoms with Gasteiger partial charge in [0.15, 0.2) is 0 Å². The van der Waals surface area contributed by atoms with Gasteiger partial charge in [-0.15, -0.1) is 0 Å². The van der Waals surface area contributed by atoms with E-state index in [9.17, 15) is 5.11 Å². The van der Waals surface area contributed by atoms with E-state index in [1.165, 1.54) is 12.0 Å². The molecule has 1 saturated carbocycles. The van der Waals surface area contributed by atoms with Crippen LogP contribution in [0.1, 0.15) is 31.2 Å². The predicted molar refractivity (Wildman–Crippen MR) is 65.4 cm³/mol. The Labute approximate surface area is 96.9 Å². The van der Waals surface area contributed by atoms with Crippen molar-refractivity contribution in [1.29, 1.82) is 0 Å².